The van der Waals surface area contributed by atoms with Crippen LogP contribution in [0.1, 0.15) is 26.3 Å². The molecule has 0 saturated carbocycles. The molecule has 148 valence electrons. The third kappa shape index (κ3) is 4.72. The molecule has 0 atom stereocenters. The normalized spacial score (nSPS) is 11.1. The van der Waals surface area contributed by atoms with Gasteiger partial charge in [-0.25, -0.2) is 17.5 Å². The molecule has 0 bridgehead atoms. The molecular weight excluding hydrogens is 458 g/mol. The maximum absolute atomic E-state index is 13.2. The van der Waals surface area contributed by atoms with Crippen LogP contribution < -0.4 is 0 Å². The summed E-state index contributed by atoms with van der Waals surface area (Å²) >= 11 is 3.26. The quantitative estimate of drug-likeness (QED) is 0.579. The number of halogens is 1. The van der Waals surface area contributed by atoms with Crippen molar-refractivity contribution in [3.8, 4) is 0 Å². The molecule has 1 N–H and O–H groups in total. The number of carboxylic acids is 1. The van der Waals surface area contributed by atoms with E-state index in [0.717, 1.165) is 4.31 Å². The largest absolute Gasteiger partial charge is 0.478 e. The van der Waals surface area contributed by atoms with Gasteiger partial charge in [-0.2, -0.15) is 0 Å². The smallest absolute Gasteiger partial charge is 0.335 e. The van der Waals surface area contributed by atoms with Crippen molar-refractivity contribution in [2.24, 2.45) is 0 Å². The molecule has 0 aliphatic carbocycles. The molecule has 0 aliphatic heterocycles. The lowest BCUT2D eigenvalue weighted by atomic mass is 10.1. The molecule has 8 heteroatoms. The summed E-state index contributed by atoms with van der Waals surface area (Å²) in [5.41, 5.74) is 0.724. The van der Waals surface area contributed by atoms with Crippen LogP contribution in [0.15, 0.2) is 88.2 Å². The predicted molar refractivity (Wildman–Crippen MR) is 111 cm³/mol. The van der Waals surface area contributed by atoms with Crippen LogP contribution in [0, 0.1) is 0 Å². The molecule has 0 heterocycles. The van der Waals surface area contributed by atoms with Crippen LogP contribution in [0.3, 0.4) is 0 Å². The summed E-state index contributed by atoms with van der Waals surface area (Å²) < 4.78 is 28.0. The number of carboxylic acid groups (broad SMARTS) is 1. The van der Waals surface area contributed by atoms with Crippen molar-refractivity contribution in [2.75, 3.05) is 0 Å². The molecule has 0 aromatic heterocycles. The highest BCUT2D eigenvalue weighted by molar-refractivity contribution is 9.10. The van der Waals surface area contributed by atoms with Crippen molar-refractivity contribution < 1.29 is 23.1 Å². The molecule has 0 spiro atoms. The molecule has 6 nitrogen and oxygen atoms in total. The van der Waals surface area contributed by atoms with Crippen molar-refractivity contribution in [1.29, 1.82) is 0 Å². The Morgan fingerprint density at radius 3 is 1.93 bits per heavy atom. The first-order valence-corrected chi connectivity index (χ1v) is 10.7. The fourth-order valence-corrected chi connectivity index (χ4v) is 4.29. The van der Waals surface area contributed by atoms with Gasteiger partial charge in [0.05, 0.1) is 17.0 Å². The topological polar surface area (TPSA) is 91.8 Å². The van der Waals surface area contributed by atoms with Gasteiger partial charge >= 0.3 is 5.97 Å². The minimum atomic E-state index is -4.14. The Kier molecular flexibility index (Phi) is 6.14. The van der Waals surface area contributed by atoms with E-state index in [1.54, 1.807) is 42.5 Å². The number of hydrogen-bond donors (Lipinski definition) is 1. The highest BCUT2D eigenvalue weighted by Crippen LogP contribution is 2.23. The minimum absolute atomic E-state index is 0.00641. The lowest BCUT2D eigenvalue weighted by Gasteiger charge is -2.23. The first-order chi connectivity index (χ1) is 13.8. The molecular formula is C21H16BrNO5S. The first kappa shape index (κ1) is 20.8. The monoisotopic (exact) mass is 473 g/mol. The van der Waals surface area contributed by atoms with Gasteiger partial charge in [-0.15, -0.1) is 0 Å². The molecule has 0 fully saturated rings. The zero-order valence-corrected chi connectivity index (χ0v) is 17.4. The number of amides is 1. The summed E-state index contributed by atoms with van der Waals surface area (Å²) in [6.45, 7) is -0.154. The van der Waals surface area contributed by atoms with Gasteiger partial charge in [0.1, 0.15) is 0 Å². The average Bonchev–Trinajstić information content (AvgIpc) is 2.72. The average molecular weight is 474 g/mol. The fourth-order valence-electron chi connectivity index (χ4n) is 2.65. The van der Waals surface area contributed by atoms with Gasteiger partial charge in [0.2, 0.25) is 0 Å². The number of nitrogens with zero attached hydrogens (tertiary/aromatic N) is 1. The van der Waals surface area contributed by atoms with Crippen molar-refractivity contribution in [3.05, 3.63) is 100 Å². The molecule has 29 heavy (non-hydrogen) atoms. The maximum atomic E-state index is 13.2. The summed E-state index contributed by atoms with van der Waals surface area (Å²) in [5.74, 6) is -1.87. The molecule has 3 aromatic rings. The number of carbonyl (C=O) groups excluding carboxylic acids is 1. The van der Waals surface area contributed by atoms with E-state index in [1.807, 2.05) is 0 Å². The molecule has 3 rings (SSSR count). The van der Waals surface area contributed by atoms with E-state index in [4.69, 9.17) is 5.11 Å². The summed E-state index contributed by atoms with van der Waals surface area (Å²) in [7, 11) is -4.14. The van der Waals surface area contributed by atoms with Crippen LogP contribution in [-0.2, 0) is 16.6 Å². The van der Waals surface area contributed by atoms with Gasteiger partial charge in [-0.3, -0.25) is 4.79 Å². The van der Waals surface area contributed by atoms with Gasteiger partial charge in [-0.1, -0.05) is 46.3 Å². The van der Waals surface area contributed by atoms with E-state index in [9.17, 15) is 18.0 Å². The Labute approximate surface area is 176 Å². The Hall–Kier alpha value is -2.97. The van der Waals surface area contributed by atoms with Gasteiger partial charge in [0.15, 0.2) is 0 Å². The lowest BCUT2D eigenvalue weighted by Crippen LogP contribution is -2.36. The Bertz CT molecular complexity index is 1130. The van der Waals surface area contributed by atoms with E-state index in [1.165, 1.54) is 36.4 Å². The standard InChI is InChI=1S/C21H16BrNO5S/c22-18-10-12-19(13-11-18)29(27,28)23(14-15-4-2-1-3-5-15)20(24)16-6-8-17(9-7-16)21(25)26/h1-13H,14H2,(H,25,26). The fraction of sp³-hybridized carbons (Fsp3) is 0.0476. The highest BCUT2D eigenvalue weighted by Gasteiger charge is 2.30. The number of carbonyl (C=O) groups is 2. The minimum Gasteiger partial charge on any atom is -0.478 e. The number of benzene rings is 3. The van der Waals surface area contributed by atoms with Crippen LogP contribution in [0.25, 0.3) is 0 Å². The number of aromatic carboxylic acids is 1. The van der Waals surface area contributed by atoms with Crippen LogP contribution in [0.4, 0.5) is 0 Å². The van der Waals surface area contributed by atoms with E-state index in [2.05, 4.69) is 15.9 Å². The molecule has 0 radical (unpaired) electrons. The van der Waals surface area contributed by atoms with E-state index >= 15 is 0 Å². The van der Waals surface area contributed by atoms with Crippen molar-refractivity contribution in [3.63, 3.8) is 0 Å². The highest BCUT2D eigenvalue weighted by atomic mass is 79.9. The van der Waals surface area contributed by atoms with Crippen molar-refractivity contribution in [2.45, 2.75) is 11.4 Å². The van der Waals surface area contributed by atoms with Gasteiger partial charge in [-0.05, 0) is 54.1 Å². The zero-order chi connectivity index (χ0) is 21.0. The van der Waals surface area contributed by atoms with Crippen LogP contribution in [-0.4, -0.2) is 29.7 Å². The second-order valence-corrected chi connectivity index (χ2v) is 8.92. The van der Waals surface area contributed by atoms with Crippen LogP contribution >= 0.6 is 15.9 Å². The molecule has 0 unspecified atom stereocenters. The van der Waals surface area contributed by atoms with E-state index < -0.39 is 21.9 Å². The summed E-state index contributed by atoms with van der Waals surface area (Å²) in [5, 5.41) is 9.02. The zero-order valence-electron chi connectivity index (χ0n) is 15.0. The van der Waals surface area contributed by atoms with E-state index in [-0.39, 0.29) is 22.6 Å². The van der Waals surface area contributed by atoms with Crippen LogP contribution in [0.5, 0.6) is 0 Å². The Balaban J connectivity index is 2.03. The Morgan fingerprint density at radius 1 is 0.828 bits per heavy atom. The molecule has 0 saturated heterocycles. The lowest BCUT2D eigenvalue weighted by molar-refractivity contribution is 0.0695. The third-order valence-corrected chi connectivity index (χ3v) is 6.45. The summed E-state index contributed by atoms with van der Waals surface area (Å²) in [6.07, 6.45) is 0. The van der Waals surface area contributed by atoms with Crippen molar-refractivity contribution in [1.82, 2.24) is 4.31 Å². The third-order valence-electron chi connectivity index (χ3n) is 4.18. The number of sulfonamides is 1. The summed E-state index contributed by atoms with van der Waals surface area (Å²) in [6, 6.07) is 19.9. The Morgan fingerprint density at radius 2 is 1.38 bits per heavy atom. The maximum Gasteiger partial charge on any atom is 0.335 e. The second kappa shape index (κ2) is 8.59. The number of rotatable bonds is 6. The van der Waals surface area contributed by atoms with E-state index in [0.29, 0.717) is 10.0 Å². The SMILES string of the molecule is O=C(O)c1ccc(C(=O)N(Cc2ccccc2)S(=O)(=O)c2ccc(Br)cc2)cc1. The molecule has 0 aliphatic rings. The van der Waals surface area contributed by atoms with Crippen molar-refractivity contribution >= 4 is 37.8 Å². The number of hydrogen-bond acceptors (Lipinski definition) is 4. The van der Waals surface area contributed by atoms with Gasteiger partial charge in [0.25, 0.3) is 15.9 Å². The molecule has 1 amide bonds. The first-order valence-electron chi connectivity index (χ1n) is 8.49. The molecule has 3 aromatic carbocycles. The predicted octanol–water partition coefficient (Wildman–Crippen LogP) is 4.18. The van der Waals surface area contributed by atoms with Crippen LogP contribution in [0.2, 0.25) is 0 Å². The van der Waals surface area contributed by atoms with Gasteiger partial charge < -0.3 is 5.11 Å². The second-order valence-electron chi connectivity index (χ2n) is 6.14. The summed E-state index contributed by atoms with van der Waals surface area (Å²) in [4.78, 5) is 24.1. The van der Waals surface area contributed by atoms with Gasteiger partial charge in [0, 0.05) is 10.0 Å².